The molecule has 2 rings (SSSR count). The molecule has 0 spiro atoms. The van der Waals surface area contributed by atoms with Gasteiger partial charge in [-0.15, -0.1) is 0 Å². The molecule has 8 nitrogen and oxygen atoms in total. The van der Waals surface area contributed by atoms with Crippen molar-refractivity contribution in [2.75, 3.05) is 27.3 Å². The fraction of sp³-hybridized carbons (Fsp3) is 0.719. The zero-order chi connectivity index (χ0) is 30.0. The molecule has 226 valence electrons. The summed E-state index contributed by atoms with van der Waals surface area (Å²) in [6.45, 7) is 12.8. The Balaban J connectivity index is 2.14. The summed E-state index contributed by atoms with van der Waals surface area (Å²) in [5, 5.41) is 13.6. The highest BCUT2D eigenvalue weighted by Gasteiger charge is 2.42. The lowest BCUT2D eigenvalue weighted by atomic mass is 9.85. The Kier molecular flexibility index (Phi) is 13.6. The van der Waals surface area contributed by atoms with E-state index in [-0.39, 0.29) is 54.2 Å². The zero-order valence-electron chi connectivity index (χ0n) is 25.9. The Morgan fingerprint density at radius 3 is 2.35 bits per heavy atom. The first-order chi connectivity index (χ1) is 18.9. The van der Waals surface area contributed by atoms with Crippen LogP contribution in [0.1, 0.15) is 85.3 Å². The molecule has 7 atom stereocenters. The van der Waals surface area contributed by atoms with Crippen molar-refractivity contribution in [2.45, 2.75) is 97.9 Å². The van der Waals surface area contributed by atoms with Gasteiger partial charge >= 0.3 is 0 Å². The molecule has 1 saturated heterocycles. The first kappa shape index (κ1) is 33.8. The van der Waals surface area contributed by atoms with Gasteiger partial charge in [-0.25, -0.2) is 0 Å². The van der Waals surface area contributed by atoms with Crippen molar-refractivity contribution in [3.63, 3.8) is 0 Å². The van der Waals surface area contributed by atoms with Crippen LogP contribution in [0.25, 0.3) is 0 Å². The first-order valence-electron chi connectivity index (χ1n) is 15.0. The molecular weight excluding hydrogens is 506 g/mol. The molecule has 2 N–H and O–H groups in total. The average Bonchev–Trinajstić information content (AvgIpc) is 3.39. The third kappa shape index (κ3) is 9.03. The highest BCUT2D eigenvalue weighted by Crippen LogP contribution is 2.30. The number of amides is 3. The summed E-state index contributed by atoms with van der Waals surface area (Å²) < 4.78 is 5.56. The molecule has 0 aliphatic carbocycles. The van der Waals surface area contributed by atoms with Gasteiger partial charge < -0.3 is 25.0 Å². The normalized spacial score (nSPS) is 19.9. The lowest BCUT2D eigenvalue weighted by Crippen LogP contribution is -2.54. The fourth-order valence-electron chi connectivity index (χ4n) is 5.93. The minimum Gasteiger partial charge on any atom is -0.386 e. The summed E-state index contributed by atoms with van der Waals surface area (Å²) >= 11 is 0. The molecule has 1 aromatic rings. The number of carbonyl (C=O) groups excluding carboxylic acids is 3. The number of likely N-dealkylation sites (tertiary alicyclic amines) is 1. The largest absolute Gasteiger partial charge is 0.386 e. The van der Waals surface area contributed by atoms with Crippen LogP contribution in [-0.4, -0.2) is 78.1 Å². The Labute approximate surface area is 241 Å². The van der Waals surface area contributed by atoms with E-state index in [4.69, 9.17) is 4.74 Å². The first-order valence-corrected chi connectivity index (χ1v) is 15.0. The standard InChI is InChI=1S/C32H53N3O5/c1-9-22(4)29(34(7)28(36)18-21(2)3)27(20-40-8)32(39)35-17-13-16-26(35)19-23(5)31(38)33-24(6)30(37)25-14-11-10-12-15-25/h10-12,14-15,21-24,26-27,29-30,37H,9,13,16-20H2,1-8H3,(H,33,38)/t22-,23+,24+,26-,27?,29-,30+/m0/s1. The molecular formula is C32H53N3O5. The second-order valence-corrected chi connectivity index (χ2v) is 12.2. The van der Waals surface area contributed by atoms with E-state index in [0.717, 1.165) is 24.8 Å². The van der Waals surface area contributed by atoms with Crippen LogP contribution in [0, 0.1) is 23.7 Å². The summed E-state index contributed by atoms with van der Waals surface area (Å²) in [4.78, 5) is 44.0. The number of hydrogen-bond donors (Lipinski definition) is 2. The van der Waals surface area contributed by atoms with E-state index >= 15 is 0 Å². The van der Waals surface area contributed by atoms with Gasteiger partial charge in [0.2, 0.25) is 17.7 Å². The number of hydrogen-bond acceptors (Lipinski definition) is 5. The smallest absolute Gasteiger partial charge is 0.230 e. The summed E-state index contributed by atoms with van der Waals surface area (Å²) in [5.41, 5.74) is 0.757. The summed E-state index contributed by atoms with van der Waals surface area (Å²) in [5.74, 6) is -0.544. The zero-order valence-corrected chi connectivity index (χ0v) is 25.9. The van der Waals surface area contributed by atoms with Crippen LogP contribution in [0.4, 0.5) is 0 Å². The predicted octanol–water partition coefficient (Wildman–Crippen LogP) is 4.42. The second-order valence-electron chi connectivity index (χ2n) is 12.2. The van der Waals surface area contributed by atoms with Crippen LogP contribution in [0.2, 0.25) is 0 Å². The van der Waals surface area contributed by atoms with Crippen molar-refractivity contribution in [1.29, 1.82) is 0 Å². The Hall–Kier alpha value is -2.45. The molecule has 1 aromatic carbocycles. The van der Waals surface area contributed by atoms with E-state index in [1.165, 1.54) is 0 Å². The molecule has 1 fully saturated rings. The molecule has 1 aliphatic heterocycles. The van der Waals surface area contributed by atoms with Crippen molar-refractivity contribution in [3.05, 3.63) is 35.9 Å². The molecule has 40 heavy (non-hydrogen) atoms. The minimum atomic E-state index is -0.801. The lowest BCUT2D eigenvalue weighted by molar-refractivity contribution is -0.146. The van der Waals surface area contributed by atoms with Crippen molar-refractivity contribution < 1.29 is 24.2 Å². The van der Waals surface area contributed by atoms with E-state index in [9.17, 15) is 19.5 Å². The minimum absolute atomic E-state index is 0.000627. The molecule has 1 heterocycles. The number of aliphatic hydroxyl groups excluding tert-OH is 1. The van der Waals surface area contributed by atoms with Crippen LogP contribution in [-0.2, 0) is 19.1 Å². The van der Waals surface area contributed by atoms with Gasteiger partial charge in [0.25, 0.3) is 0 Å². The average molecular weight is 560 g/mol. The maximum absolute atomic E-state index is 14.1. The third-order valence-corrected chi connectivity index (χ3v) is 8.44. The van der Waals surface area contributed by atoms with Crippen LogP contribution in [0.5, 0.6) is 0 Å². The highest BCUT2D eigenvalue weighted by atomic mass is 16.5. The Morgan fingerprint density at radius 2 is 1.77 bits per heavy atom. The Morgan fingerprint density at radius 1 is 1.12 bits per heavy atom. The summed E-state index contributed by atoms with van der Waals surface area (Å²) in [6.07, 6.45) is 2.73. The van der Waals surface area contributed by atoms with Gasteiger partial charge in [0.1, 0.15) is 0 Å². The van der Waals surface area contributed by atoms with Gasteiger partial charge in [-0.1, -0.05) is 71.4 Å². The van der Waals surface area contributed by atoms with Gasteiger partial charge in [0.15, 0.2) is 0 Å². The lowest BCUT2D eigenvalue weighted by Gasteiger charge is -2.40. The SMILES string of the molecule is CC[C@H](C)[C@@H](C(COC)C(=O)N1CCC[C@H]1C[C@@H](C)C(=O)N[C@H](C)[C@@H](O)c1ccccc1)N(C)C(=O)CC(C)C. The van der Waals surface area contributed by atoms with Crippen molar-refractivity contribution in [1.82, 2.24) is 15.1 Å². The van der Waals surface area contributed by atoms with Gasteiger partial charge in [-0.3, -0.25) is 14.4 Å². The number of aliphatic hydroxyl groups is 1. The van der Waals surface area contributed by atoms with E-state index in [0.29, 0.717) is 19.4 Å². The van der Waals surface area contributed by atoms with Gasteiger partial charge in [0.05, 0.1) is 24.7 Å². The molecule has 0 bridgehead atoms. The molecule has 0 saturated carbocycles. The van der Waals surface area contributed by atoms with Crippen LogP contribution in [0.3, 0.4) is 0 Å². The quantitative estimate of drug-likeness (QED) is 0.331. The maximum atomic E-state index is 14.1. The molecule has 8 heteroatoms. The molecule has 1 unspecified atom stereocenters. The topological polar surface area (TPSA) is 99.2 Å². The molecule has 0 aromatic heterocycles. The van der Waals surface area contributed by atoms with Crippen LogP contribution < -0.4 is 5.32 Å². The predicted molar refractivity (Wildman–Crippen MR) is 158 cm³/mol. The number of carbonyl (C=O) groups is 3. The van der Waals surface area contributed by atoms with Crippen LogP contribution >= 0.6 is 0 Å². The third-order valence-electron chi connectivity index (χ3n) is 8.44. The number of rotatable bonds is 15. The number of ether oxygens (including phenoxy) is 1. The number of nitrogens with one attached hydrogen (secondary N) is 1. The van der Waals surface area contributed by atoms with E-state index in [1.807, 2.05) is 63.1 Å². The highest BCUT2D eigenvalue weighted by molar-refractivity contribution is 5.83. The van der Waals surface area contributed by atoms with E-state index in [2.05, 4.69) is 19.2 Å². The van der Waals surface area contributed by atoms with Crippen LogP contribution in [0.15, 0.2) is 30.3 Å². The number of benzene rings is 1. The second kappa shape index (κ2) is 16.1. The van der Waals surface area contributed by atoms with Crippen molar-refractivity contribution >= 4 is 17.7 Å². The van der Waals surface area contributed by atoms with Crippen molar-refractivity contribution in [2.24, 2.45) is 23.7 Å². The fourth-order valence-corrected chi connectivity index (χ4v) is 5.93. The molecule has 0 radical (unpaired) electrons. The van der Waals surface area contributed by atoms with Gasteiger partial charge in [0, 0.05) is 45.1 Å². The number of nitrogens with zero attached hydrogens (tertiary/aromatic N) is 2. The maximum Gasteiger partial charge on any atom is 0.230 e. The van der Waals surface area contributed by atoms with Crippen molar-refractivity contribution in [3.8, 4) is 0 Å². The van der Waals surface area contributed by atoms with Gasteiger partial charge in [-0.05, 0) is 43.6 Å². The van der Waals surface area contributed by atoms with E-state index < -0.39 is 18.1 Å². The summed E-state index contributed by atoms with van der Waals surface area (Å²) in [7, 11) is 3.42. The molecule has 3 amide bonds. The van der Waals surface area contributed by atoms with Gasteiger partial charge in [-0.2, -0.15) is 0 Å². The number of methoxy groups -OCH3 is 1. The monoisotopic (exact) mass is 559 g/mol. The van der Waals surface area contributed by atoms with E-state index in [1.54, 1.807) is 18.9 Å². The Bertz CT molecular complexity index is 940. The summed E-state index contributed by atoms with van der Waals surface area (Å²) in [6, 6.07) is 8.53. The molecule has 1 aliphatic rings.